The first-order valence-corrected chi connectivity index (χ1v) is 20.5. The summed E-state index contributed by atoms with van der Waals surface area (Å²) in [6, 6.07) is 12.0. The van der Waals surface area contributed by atoms with Crippen molar-refractivity contribution >= 4 is 50.9 Å². The van der Waals surface area contributed by atoms with E-state index in [2.05, 4.69) is 25.2 Å². The summed E-state index contributed by atoms with van der Waals surface area (Å²) in [5.74, 6) is -1.22. The highest BCUT2D eigenvalue weighted by Crippen LogP contribution is 2.49. The Bertz CT molecular complexity index is 2650. The largest absolute Gasteiger partial charge is 0.453 e. The fraction of sp³-hybridized carbons (Fsp3) is 0.442. The zero-order valence-electron chi connectivity index (χ0n) is 33.7. The second kappa shape index (κ2) is 14.9. The maximum absolute atomic E-state index is 15.6. The highest BCUT2D eigenvalue weighted by molar-refractivity contribution is 6.09. The van der Waals surface area contributed by atoms with Gasteiger partial charge in [0.2, 0.25) is 5.91 Å². The molecular weight excluding hydrogens is 775 g/mol. The Kier molecular flexibility index (Phi) is 9.74. The summed E-state index contributed by atoms with van der Waals surface area (Å²) in [6.07, 6.45) is 6.16. The van der Waals surface area contributed by atoms with Crippen molar-refractivity contribution in [1.29, 1.82) is 5.26 Å². The smallest absolute Gasteiger partial charge is 0.329 e. The van der Waals surface area contributed by atoms with E-state index in [1.807, 2.05) is 19.9 Å². The molecule has 3 N–H and O–H groups in total. The van der Waals surface area contributed by atoms with E-state index in [-0.39, 0.29) is 70.1 Å². The molecule has 4 saturated heterocycles. The molecule has 5 fully saturated rings. The lowest BCUT2D eigenvalue weighted by molar-refractivity contribution is -0.120. The van der Waals surface area contributed by atoms with Crippen molar-refractivity contribution in [3.05, 3.63) is 76.3 Å². The van der Waals surface area contributed by atoms with Crippen LogP contribution in [0.3, 0.4) is 0 Å². The van der Waals surface area contributed by atoms with Crippen molar-refractivity contribution in [3.8, 4) is 17.6 Å². The number of halogens is 2. The van der Waals surface area contributed by atoms with E-state index in [0.717, 1.165) is 57.9 Å². The predicted octanol–water partition coefficient (Wildman–Crippen LogP) is 5.75. The molecule has 15 nitrogen and oxygen atoms in total. The molecule has 0 radical (unpaired) electrons. The van der Waals surface area contributed by atoms with Gasteiger partial charge < -0.3 is 20.1 Å². The molecule has 17 heteroatoms. The third-order valence-corrected chi connectivity index (χ3v) is 12.9. The van der Waals surface area contributed by atoms with E-state index in [4.69, 9.17) is 15.2 Å². The molecule has 1 aliphatic carbocycles. The number of likely N-dealkylation sites (tertiary alicyclic amines) is 1. The number of ether oxygens (including phenoxy) is 2. The molecular formula is C43H46F2N10O5. The Hall–Kier alpha value is -6.12. The van der Waals surface area contributed by atoms with Gasteiger partial charge in [-0.1, -0.05) is 13.8 Å². The highest BCUT2D eigenvalue weighted by Gasteiger charge is 2.55. The number of aryl methyl sites for hydroxylation is 1. The molecule has 3 amide bonds. The second-order valence-electron chi connectivity index (χ2n) is 16.6. The molecule has 5 aliphatic rings. The average Bonchev–Trinajstić information content (AvgIpc) is 3.76. The van der Waals surface area contributed by atoms with Gasteiger partial charge in [0.05, 0.1) is 52.4 Å². The Balaban J connectivity index is 0.00000228. The van der Waals surface area contributed by atoms with Gasteiger partial charge in [-0.2, -0.15) is 10.4 Å². The first kappa shape index (κ1) is 39.3. The van der Waals surface area contributed by atoms with Gasteiger partial charge in [0, 0.05) is 63.0 Å². The molecule has 1 saturated carbocycles. The van der Waals surface area contributed by atoms with Crippen molar-refractivity contribution in [2.45, 2.75) is 70.1 Å². The van der Waals surface area contributed by atoms with Gasteiger partial charge in [-0.3, -0.25) is 34.0 Å². The molecule has 4 aliphatic heterocycles. The van der Waals surface area contributed by atoms with Crippen LogP contribution in [-0.4, -0.2) is 87.1 Å². The number of nitrogen functional groups attached to an aromatic ring is 1. The van der Waals surface area contributed by atoms with E-state index in [1.54, 1.807) is 40.8 Å². The number of urea groups is 1. The Morgan fingerprint density at radius 3 is 2.48 bits per heavy atom. The topological polar surface area (TPSA) is 177 Å². The van der Waals surface area contributed by atoms with E-state index < -0.39 is 11.8 Å². The number of amides is 3. The fourth-order valence-corrected chi connectivity index (χ4v) is 9.85. The third kappa shape index (κ3) is 6.58. The number of aromatic nitrogens is 4. The number of anilines is 3. The molecule has 2 spiro atoms. The summed E-state index contributed by atoms with van der Waals surface area (Å²) in [7, 11) is 1.77. The van der Waals surface area contributed by atoms with Crippen molar-refractivity contribution in [3.63, 3.8) is 0 Å². The number of imide groups is 1. The first-order valence-electron chi connectivity index (χ1n) is 20.5. The average molecular weight is 821 g/mol. The summed E-state index contributed by atoms with van der Waals surface area (Å²) in [5.41, 5.74) is 7.09. The minimum atomic E-state index is -0.739. The van der Waals surface area contributed by atoms with Crippen LogP contribution in [0.25, 0.3) is 21.8 Å². The van der Waals surface area contributed by atoms with Gasteiger partial charge in [-0.05, 0) is 74.6 Å². The number of carbonyl (C=O) groups is 2. The summed E-state index contributed by atoms with van der Waals surface area (Å²) in [4.78, 5) is 48.5. The molecule has 60 heavy (non-hydrogen) atoms. The molecule has 1 atom stereocenters. The van der Waals surface area contributed by atoms with Crippen LogP contribution in [-0.2, 0) is 16.6 Å². The van der Waals surface area contributed by atoms with Crippen LogP contribution in [0.5, 0.6) is 11.5 Å². The number of rotatable bonds is 6. The molecule has 1 unspecified atom stereocenters. The molecule has 5 aromatic rings. The number of nitrogens with two attached hydrogens (primary N) is 1. The van der Waals surface area contributed by atoms with Crippen LogP contribution in [0.1, 0.15) is 64.0 Å². The summed E-state index contributed by atoms with van der Waals surface area (Å²) in [6.45, 7) is 8.02. The summed E-state index contributed by atoms with van der Waals surface area (Å²) in [5, 5.41) is 17.2. The normalized spacial score (nSPS) is 23.6. The van der Waals surface area contributed by atoms with Crippen molar-refractivity contribution in [2.24, 2.45) is 12.5 Å². The van der Waals surface area contributed by atoms with Gasteiger partial charge in [0.25, 0.3) is 5.56 Å². The van der Waals surface area contributed by atoms with Gasteiger partial charge in [-0.15, -0.1) is 0 Å². The quantitative estimate of drug-likeness (QED) is 0.200. The lowest BCUT2D eigenvalue weighted by Gasteiger charge is -2.63. The number of nitrogens with one attached hydrogen (secondary N) is 1. The number of hydrogen-bond acceptors (Lipinski definition) is 11. The molecule has 312 valence electrons. The first-order chi connectivity index (χ1) is 28.9. The Morgan fingerprint density at radius 1 is 0.983 bits per heavy atom. The molecule has 3 aromatic carbocycles. The zero-order valence-corrected chi connectivity index (χ0v) is 33.7. The minimum absolute atomic E-state index is 0.0888. The van der Waals surface area contributed by atoms with Crippen LogP contribution in [0.2, 0.25) is 0 Å². The van der Waals surface area contributed by atoms with E-state index in [1.165, 1.54) is 23.1 Å². The highest BCUT2D eigenvalue weighted by atomic mass is 19.1. The van der Waals surface area contributed by atoms with E-state index in [9.17, 15) is 24.0 Å². The van der Waals surface area contributed by atoms with Crippen LogP contribution < -0.4 is 31.1 Å². The number of hydrogen-bond donors (Lipinski definition) is 2. The van der Waals surface area contributed by atoms with Gasteiger partial charge in [0.1, 0.15) is 23.2 Å². The summed E-state index contributed by atoms with van der Waals surface area (Å²) >= 11 is 0. The lowest BCUT2D eigenvalue weighted by Crippen LogP contribution is -2.74. The monoisotopic (exact) mass is 820 g/mol. The fourth-order valence-electron chi connectivity index (χ4n) is 9.85. The van der Waals surface area contributed by atoms with Gasteiger partial charge >= 0.3 is 6.03 Å². The van der Waals surface area contributed by atoms with Crippen LogP contribution >= 0.6 is 0 Å². The zero-order chi connectivity index (χ0) is 42.1. The SMILES string of the molecule is CC.Cn1nc(N2CCC(=O)NC2=O)c2cc(F)c(N3CC4(C3)CN(C3CCC5(CC3)CC(n3cnc6ccc(Oc7c(F)ccc(N)c7C#N)cc6c3=O)CO5)C4)cc21. The predicted molar refractivity (Wildman–Crippen MR) is 220 cm³/mol. The second-order valence-corrected chi connectivity index (χ2v) is 16.6. The number of nitriles is 1. The molecule has 10 rings (SSSR count). The number of carbonyl (C=O) groups excluding carboxylic acids is 2. The van der Waals surface area contributed by atoms with Crippen molar-refractivity contribution < 1.29 is 27.8 Å². The van der Waals surface area contributed by atoms with E-state index >= 15 is 4.39 Å². The van der Waals surface area contributed by atoms with Gasteiger partial charge in [-0.25, -0.2) is 18.6 Å². The van der Waals surface area contributed by atoms with E-state index in [0.29, 0.717) is 52.4 Å². The number of nitrogens with zero attached hydrogens (tertiary/aromatic N) is 8. The maximum Gasteiger partial charge on any atom is 0.329 e. The van der Waals surface area contributed by atoms with Crippen molar-refractivity contribution in [2.75, 3.05) is 54.9 Å². The maximum atomic E-state index is 15.6. The summed E-state index contributed by atoms with van der Waals surface area (Å²) < 4.78 is 45.8. The third-order valence-electron chi connectivity index (χ3n) is 12.9. The molecule has 6 heterocycles. The minimum Gasteiger partial charge on any atom is -0.453 e. The van der Waals surface area contributed by atoms with Crippen LogP contribution in [0.15, 0.2) is 53.6 Å². The number of benzene rings is 3. The Morgan fingerprint density at radius 2 is 1.75 bits per heavy atom. The van der Waals surface area contributed by atoms with Gasteiger partial charge in [0.15, 0.2) is 17.4 Å². The lowest BCUT2D eigenvalue weighted by atomic mass is 9.70. The number of fused-ring (bicyclic) bond motifs is 2. The van der Waals surface area contributed by atoms with Crippen LogP contribution in [0.4, 0.5) is 30.8 Å². The molecule has 0 bridgehead atoms. The Labute approximate surface area is 344 Å². The molecule has 2 aromatic heterocycles. The van der Waals surface area contributed by atoms with Crippen LogP contribution in [0, 0.1) is 28.4 Å². The van der Waals surface area contributed by atoms with Crippen molar-refractivity contribution in [1.82, 2.24) is 29.5 Å². The standard InChI is InChI=1S/C41H40F2N10O5.C2H6/c1-49-33-14-34(30(43)13-27(33)37(48-49)52-11-8-35(54)47-39(52)56)51-20-40(21-51)18-50(19-40)23-6-9-41(10-7-23)15-24(17-57-41)53-22-46-32-5-2-25(12-26(32)38(53)55)58-36-28(16-44)31(45)4-3-29(36)42;1-2/h2-5,12-14,22-24H,6-11,15,17-21,45H2,1H3,(H,47,54,56);1-2H3.